The third kappa shape index (κ3) is 7.37. The van der Waals surface area contributed by atoms with E-state index in [-0.39, 0.29) is 12.0 Å². The lowest BCUT2D eigenvalue weighted by molar-refractivity contribution is -0.0328. The third-order valence-corrected chi connectivity index (χ3v) is 7.80. The van der Waals surface area contributed by atoms with E-state index in [2.05, 4.69) is 46.6 Å². The Kier molecular flexibility index (Phi) is 10.8. The predicted molar refractivity (Wildman–Crippen MR) is 145 cm³/mol. The Morgan fingerprint density at radius 3 is 2.67 bits per heavy atom. The minimum absolute atomic E-state index is 0.0621. The van der Waals surface area contributed by atoms with Crippen molar-refractivity contribution in [3.63, 3.8) is 0 Å². The zero-order valence-corrected chi connectivity index (χ0v) is 22.3. The van der Waals surface area contributed by atoms with Gasteiger partial charge >= 0.3 is 0 Å². The van der Waals surface area contributed by atoms with Gasteiger partial charge in [-0.15, -0.1) is 0 Å². The van der Waals surface area contributed by atoms with Gasteiger partial charge in [-0.05, 0) is 35.2 Å². The van der Waals surface area contributed by atoms with Crippen LogP contribution in [-0.2, 0) is 26.6 Å². The Morgan fingerprint density at radius 1 is 1.06 bits per heavy atom. The highest BCUT2D eigenvalue weighted by Gasteiger charge is 2.34. The summed E-state index contributed by atoms with van der Waals surface area (Å²) < 4.78 is 22.7. The molecule has 7 nitrogen and oxygen atoms in total. The highest BCUT2D eigenvalue weighted by atomic mass is 32.2. The summed E-state index contributed by atoms with van der Waals surface area (Å²) in [6, 6.07) is 14.9. The Bertz CT molecular complexity index is 929. The van der Waals surface area contributed by atoms with Gasteiger partial charge in [-0.2, -0.15) is 11.8 Å². The molecule has 2 aromatic rings. The van der Waals surface area contributed by atoms with Crippen molar-refractivity contribution >= 4 is 17.4 Å². The van der Waals surface area contributed by atoms with Crippen molar-refractivity contribution in [1.29, 1.82) is 0 Å². The monoisotopic (exact) mass is 516 g/mol. The van der Waals surface area contributed by atoms with Crippen molar-refractivity contribution in [3.05, 3.63) is 59.2 Å². The molecule has 2 aliphatic rings. The molecule has 1 saturated heterocycles. The Labute approximate surface area is 219 Å². The molecule has 0 aliphatic carbocycles. The number of β-amino-alcohol motifs (C(OH)–C–C–N with tert-alkyl or cyclic N) is 1. The lowest BCUT2D eigenvalue weighted by Gasteiger charge is -2.36. The van der Waals surface area contributed by atoms with Crippen LogP contribution in [0.1, 0.15) is 29.0 Å². The molecule has 2 N–H and O–H groups in total. The van der Waals surface area contributed by atoms with E-state index in [0.717, 1.165) is 66.8 Å². The van der Waals surface area contributed by atoms with E-state index in [9.17, 15) is 5.11 Å². The number of anilines is 1. The number of hydrogen-bond acceptors (Lipinski definition) is 8. The van der Waals surface area contributed by atoms with Gasteiger partial charge in [0, 0.05) is 57.9 Å². The molecule has 0 saturated carbocycles. The summed E-state index contributed by atoms with van der Waals surface area (Å²) in [6.45, 7) is 5.82. The molecule has 4 rings (SSSR count). The van der Waals surface area contributed by atoms with Crippen molar-refractivity contribution < 1.29 is 24.1 Å². The van der Waals surface area contributed by atoms with E-state index in [1.165, 1.54) is 5.56 Å². The van der Waals surface area contributed by atoms with Crippen LogP contribution in [-0.4, -0.2) is 83.3 Å². The van der Waals surface area contributed by atoms with Crippen LogP contribution in [0.3, 0.4) is 0 Å². The van der Waals surface area contributed by atoms with Crippen molar-refractivity contribution in [3.8, 4) is 5.75 Å². The molecule has 1 fully saturated rings. The number of fused-ring (bicyclic) bond motifs is 1. The lowest BCUT2D eigenvalue weighted by Crippen LogP contribution is -2.49. The first-order valence-electron chi connectivity index (χ1n) is 12.8. The van der Waals surface area contributed by atoms with Crippen LogP contribution in [0.4, 0.5) is 5.69 Å². The van der Waals surface area contributed by atoms with Crippen LogP contribution < -0.4 is 15.0 Å². The van der Waals surface area contributed by atoms with Crippen LogP contribution in [0.25, 0.3) is 0 Å². The SMILES string of the molecule is COCCCN1CCOc2ccc(CO[C@H]3CNC[C@@H](O)[C@@H]3c3ccc(CSCCOC)cc3)cc21. The molecule has 8 heteroatoms. The maximum absolute atomic E-state index is 10.9. The van der Waals surface area contributed by atoms with Crippen LogP contribution in [0.2, 0.25) is 0 Å². The number of nitrogens with one attached hydrogen (secondary N) is 1. The number of ether oxygens (including phenoxy) is 4. The standard InChI is InChI=1S/C28H40N2O5S/c1-32-12-3-10-30-11-13-34-26-9-6-22(16-24(26)30)19-35-27-18-29-17-25(31)28(27)23-7-4-21(5-8-23)20-36-15-14-33-2/h4-9,16,25,27-29,31H,3,10-15,17-20H2,1-2H3/t25-,27+,28+/m1/s1. The maximum atomic E-state index is 10.9. The van der Waals surface area contributed by atoms with Gasteiger partial charge in [-0.3, -0.25) is 0 Å². The number of rotatable bonds is 13. The van der Waals surface area contributed by atoms with E-state index in [1.54, 1.807) is 14.2 Å². The Balaban J connectivity index is 1.39. The zero-order valence-electron chi connectivity index (χ0n) is 21.5. The molecule has 2 heterocycles. The quantitative estimate of drug-likeness (QED) is 0.393. The van der Waals surface area contributed by atoms with Gasteiger partial charge in [0.05, 0.1) is 37.7 Å². The van der Waals surface area contributed by atoms with E-state index in [4.69, 9.17) is 18.9 Å². The fraction of sp³-hybridized carbons (Fsp3) is 0.571. The number of hydrogen-bond donors (Lipinski definition) is 2. The highest BCUT2D eigenvalue weighted by Crippen LogP contribution is 2.34. The van der Waals surface area contributed by atoms with Crippen LogP contribution in [0.5, 0.6) is 5.75 Å². The van der Waals surface area contributed by atoms with Gasteiger partial charge in [-0.25, -0.2) is 0 Å². The summed E-state index contributed by atoms with van der Waals surface area (Å²) in [5, 5.41) is 14.2. The van der Waals surface area contributed by atoms with Crippen LogP contribution in [0, 0.1) is 0 Å². The maximum Gasteiger partial charge on any atom is 0.142 e. The average Bonchev–Trinajstić information content (AvgIpc) is 2.91. The first kappa shape index (κ1) is 27.2. The molecule has 0 aromatic heterocycles. The number of aliphatic hydroxyl groups is 1. The van der Waals surface area contributed by atoms with E-state index < -0.39 is 6.10 Å². The number of methoxy groups -OCH3 is 2. The number of aliphatic hydroxyl groups excluding tert-OH is 1. The first-order valence-corrected chi connectivity index (χ1v) is 14.0. The molecule has 0 bridgehead atoms. The topological polar surface area (TPSA) is 72.4 Å². The zero-order chi connectivity index (χ0) is 25.2. The Hall–Kier alpha value is -1.81. The molecular formula is C28H40N2O5S. The van der Waals surface area contributed by atoms with Crippen LogP contribution >= 0.6 is 11.8 Å². The molecule has 2 aromatic carbocycles. The fourth-order valence-corrected chi connectivity index (χ4v) is 5.74. The van der Waals surface area contributed by atoms with E-state index >= 15 is 0 Å². The number of nitrogens with zero attached hydrogens (tertiary/aromatic N) is 1. The molecule has 0 spiro atoms. The fourth-order valence-electron chi connectivity index (χ4n) is 4.89. The smallest absolute Gasteiger partial charge is 0.142 e. The van der Waals surface area contributed by atoms with Gasteiger partial charge in [0.15, 0.2) is 0 Å². The Morgan fingerprint density at radius 2 is 1.86 bits per heavy atom. The van der Waals surface area contributed by atoms with E-state index in [0.29, 0.717) is 26.3 Å². The summed E-state index contributed by atoms with van der Waals surface area (Å²) in [6.07, 6.45) is 0.383. The summed E-state index contributed by atoms with van der Waals surface area (Å²) in [5.41, 5.74) is 4.64. The average molecular weight is 517 g/mol. The second-order valence-electron chi connectivity index (χ2n) is 9.37. The molecule has 2 aliphatic heterocycles. The number of benzene rings is 2. The lowest BCUT2D eigenvalue weighted by atomic mass is 9.85. The van der Waals surface area contributed by atoms with Gasteiger partial charge in [0.2, 0.25) is 0 Å². The molecule has 3 atom stereocenters. The third-order valence-electron chi connectivity index (χ3n) is 6.80. The molecule has 0 amide bonds. The first-order chi connectivity index (χ1) is 17.7. The van der Waals surface area contributed by atoms with Crippen LogP contribution in [0.15, 0.2) is 42.5 Å². The minimum atomic E-state index is -0.487. The number of piperidine rings is 1. The predicted octanol–water partition coefficient (Wildman–Crippen LogP) is 3.43. The van der Waals surface area contributed by atoms with Crippen molar-refractivity contribution in [2.45, 2.75) is 36.9 Å². The van der Waals surface area contributed by atoms with Crippen molar-refractivity contribution in [1.82, 2.24) is 5.32 Å². The van der Waals surface area contributed by atoms with E-state index in [1.807, 2.05) is 17.8 Å². The summed E-state index contributed by atoms with van der Waals surface area (Å²) in [7, 11) is 3.47. The highest BCUT2D eigenvalue weighted by molar-refractivity contribution is 7.98. The largest absolute Gasteiger partial charge is 0.490 e. The number of thioether (sulfide) groups is 1. The van der Waals surface area contributed by atoms with Gasteiger partial charge in [0.25, 0.3) is 0 Å². The second kappa shape index (κ2) is 14.2. The normalized spacial score (nSPS) is 21.8. The van der Waals surface area contributed by atoms with Gasteiger partial charge in [0.1, 0.15) is 12.4 Å². The van der Waals surface area contributed by atoms with Crippen molar-refractivity contribution in [2.24, 2.45) is 0 Å². The summed E-state index contributed by atoms with van der Waals surface area (Å²) in [5.74, 6) is 2.81. The van der Waals surface area contributed by atoms with Gasteiger partial charge < -0.3 is 34.3 Å². The molecule has 0 radical (unpaired) electrons. The summed E-state index contributed by atoms with van der Waals surface area (Å²) >= 11 is 1.87. The molecule has 0 unspecified atom stereocenters. The molecular weight excluding hydrogens is 476 g/mol. The minimum Gasteiger partial charge on any atom is -0.490 e. The van der Waals surface area contributed by atoms with Crippen molar-refractivity contribution in [2.75, 3.05) is 70.9 Å². The van der Waals surface area contributed by atoms with Gasteiger partial charge in [-0.1, -0.05) is 30.3 Å². The summed E-state index contributed by atoms with van der Waals surface area (Å²) in [4.78, 5) is 2.37. The molecule has 36 heavy (non-hydrogen) atoms. The second-order valence-corrected chi connectivity index (χ2v) is 10.5. The molecule has 198 valence electrons.